The third-order valence-corrected chi connectivity index (χ3v) is 3.99. The molecule has 19 heavy (non-hydrogen) atoms. The molecule has 1 saturated heterocycles. The summed E-state index contributed by atoms with van der Waals surface area (Å²) in [6, 6.07) is 6.86. The van der Waals surface area contributed by atoms with Gasteiger partial charge in [-0.1, -0.05) is 42.2 Å². The fourth-order valence-corrected chi connectivity index (χ4v) is 2.93. The van der Waals surface area contributed by atoms with Crippen molar-refractivity contribution in [2.24, 2.45) is 0 Å². The second-order valence-electron chi connectivity index (χ2n) is 3.88. The summed E-state index contributed by atoms with van der Waals surface area (Å²) < 4.78 is 5.47. The molecule has 0 atom stereocenters. The second-order valence-corrected chi connectivity index (χ2v) is 5.56. The Morgan fingerprint density at radius 1 is 1.47 bits per heavy atom. The molecule has 1 aliphatic heterocycles. The average Bonchev–Trinajstić information content (AvgIpc) is 2.65. The third kappa shape index (κ3) is 3.15. The summed E-state index contributed by atoms with van der Waals surface area (Å²) in [7, 11) is 1.58. The SMILES string of the molecule is COCCN1C(=O)/C(=C/c2ccccc2O)SC1=S. The van der Waals surface area contributed by atoms with Crippen LogP contribution in [0.1, 0.15) is 5.56 Å². The molecule has 1 aliphatic rings. The summed E-state index contributed by atoms with van der Waals surface area (Å²) in [4.78, 5) is 14.2. The van der Waals surface area contributed by atoms with Crippen molar-refractivity contribution in [3.63, 3.8) is 0 Å². The van der Waals surface area contributed by atoms with Gasteiger partial charge in [0.2, 0.25) is 0 Å². The molecule has 1 amide bonds. The number of hydrogen-bond donors (Lipinski definition) is 1. The number of rotatable bonds is 4. The minimum Gasteiger partial charge on any atom is -0.507 e. The monoisotopic (exact) mass is 295 g/mol. The van der Waals surface area contributed by atoms with Gasteiger partial charge in [0, 0.05) is 12.7 Å². The van der Waals surface area contributed by atoms with E-state index in [1.807, 2.05) is 0 Å². The lowest BCUT2D eigenvalue weighted by Gasteiger charge is -2.12. The van der Waals surface area contributed by atoms with Gasteiger partial charge < -0.3 is 9.84 Å². The standard InChI is InChI=1S/C13H13NO3S2/c1-17-7-6-14-12(16)11(19-13(14)18)8-9-4-2-3-5-10(9)15/h2-5,8,15H,6-7H2,1H3/b11-8-. The summed E-state index contributed by atoms with van der Waals surface area (Å²) >= 11 is 6.40. The van der Waals surface area contributed by atoms with Crippen molar-refractivity contribution >= 4 is 40.3 Å². The van der Waals surface area contributed by atoms with Gasteiger partial charge in [0.1, 0.15) is 10.1 Å². The van der Waals surface area contributed by atoms with Gasteiger partial charge >= 0.3 is 0 Å². The summed E-state index contributed by atoms with van der Waals surface area (Å²) in [5.74, 6) is -0.0000343. The largest absolute Gasteiger partial charge is 0.507 e. The first-order valence-electron chi connectivity index (χ1n) is 5.66. The van der Waals surface area contributed by atoms with Crippen LogP contribution in [0, 0.1) is 0 Å². The van der Waals surface area contributed by atoms with Crippen molar-refractivity contribution in [1.82, 2.24) is 4.90 Å². The average molecular weight is 295 g/mol. The molecule has 0 aliphatic carbocycles. The molecule has 1 N–H and O–H groups in total. The number of carbonyl (C=O) groups is 1. The molecule has 0 unspecified atom stereocenters. The molecular weight excluding hydrogens is 282 g/mol. The molecule has 6 heteroatoms. The van der Waals surface area contributed by atoms with Gasteiger partial charge in [-0.15, -0.1) is 0 Å². The zero-order valence-corrected chi connectivity index (χ0v) is 12.0. The molecule has 0 radical (unpaired) electrons. The maximum absolute atomic E-state index is 12.1. The fourth-order valence-electron chi connectivity index (χ4n) is 1.63. The van der Waals surface area contributed by atoms with Crippen molar-refractivity contribution < 1.29 is 14.6 Å². The number of para-hydroxylation sites is 1. The van der Waals surface area contributed by atoms with E-state index in [2.05, 4.69) is 0 Å². The topological polar surface area (TPSA) is 49.8 Å². The lowest BCUT2D eigenvalue weighted by molar-refractivity contribution is -0.122. The smallest absolute Gasteiger partial charge is 0.266 e. The van der Waals surface area contributed by atoms with E-state index in [1.54, 1.807) is 37.5 Å². The highest BCUT2D eigenvalue weighted by Gasteiger charge is 2.31. The molecule has 1 aromatic carbocycles. The van der Waals surface area contributed by atoms with E-state index in [9.17, 15) is 9.90 Å². The van der Waals surface area contributed by atoms with Crippen LogP contribution >= 0.6 is 24.0 Å². The Hall–Kier alpha value is -1.37. The number of amides is 1. The lowest BCUT2D eigenvalue weighted by Crippen LogP contribution is -2.31. The van der Waals surface area contributed by atoms with Crippen molar-refractivity contribution in [3.05, 3.63) is 34.7 Å². The summed E-state index contributed by atoms with van der Waals surface area (Å²) in [5, 5.41) is 9.70. The number of phenols is 1. The number of thiocarbonyl (C=S) groups is 1. The van der Waals surface area contributed by atoms with Crippen LogP contribution in [0.25, 0.3) is 6.08 Å². The number of aromatic hydroxyl groups is 1. The fraction of sp³-hybridized carbons (Fsp3) is 0.231. The quantitative estimate of drug-likeness (QED) is 0.682. The molecule has 0 spiro atoms. The summed E-state index contributed by atoms with van der Waals surface area (Å²) in [6.45, 7) is 0.885. The Morgan fingerprint density at radius 3 is 2.89 bits per heavy atom. The summed E-state index contributed by atoms with van der Waals surface area (Å²) in [6.07, 6.45) is 1.65. The van der Waals surface area contributed by atoms with Crippen LogP contribution in [0.15, 0.2) is 29.2 Å². The first kappa shape index (κ1) is 14.0. The minimum atomic E-state index is -0.143. The van der Waals surface area contributed by atoms with Crippen molar-refractivity contribution in [2.45, 2.75) is 0 Å². The Balaban J connectivity index is 2.21. The van der Waals surface area contributed by atoms with Crippen LogP contribution in [0.4, 0.5) is 0 Å². The highest BCUT2D eigenvalue weighted by molar-refractivity contribution is 8.26. The van der Waals surface area contributed by atoms with Crippen LogP contribution in [-0.4, -0.2) is 40.5 Å². The van der Waals surface area contributed by atoms with Gasteiger partial charge in [-0.2, -0.15) is 0 Å². The van der Waals surface area contributed by atoms with Gasteiger partial charge in [-0.3, -0.25) is 9.69 Å². The van der Waals surface area contributed by atoms with Crippen LogP contribution in [0.2, 0.25) is 0 Å². The van der Waals surface area contributed by atoms with E-state index in [0.717, 1.165) is 0 Å². The van der Waals surface area contributed by atoms with Crippen molar-refractivity contribution in [1.29, 1.82) is 0 Å². The molecule has 1 fully saturated rings. The first-order chi connectivity index (χ1) is 9.13. The predicted octanol–water partition coefficient (Wildman–Crippen LogP) is 2.24. The molecule has 0 bridgehead atoms. The first-order valence-corrected chi connectivity index (χ1v) is 6.88. The van der Waals surface area contributed by atoms with Gasteiger partial charge in [0.25, 0.3) is 5.91 Å². The second kappa shape index (κ2) is 6.18. The lowest BCUT2D eigenvalue weighted by atomic mass is 10.2. The number of phenolic OH excluding ortho intramolecular Hbond substituents is 1. The Morgan fingerprint density at radius 2 is 2.21 bits per heavy atom. The van der Waals surface area contributed by atoms with E-state index in [4.69, 9.17) is 17.0 Å². The number of benzene rings is 1. The van der Waals surface area contributed by atoms with Crippen LogP contribution < -0.4 is 0 Å². The maximum atomic E-state index is 12.1. The number of carbonyl (C=O) groups excluding carboxylic acids is 1. The zero-order valence-electron chi connectivity index (χ0n) is 10.3. The van der Waals surface area contributed by atoms with Crippen LogP contribution in [0.3, 0.4) is 0 Å². The minimum absolute atomic E-state index is 0.143. The predicted molar refractivity (Wildman–Crippen MR) is 79.9 cm³/mol. The Labute approximate surface area is 121 Å². The normalized spacial score (nSPS) is 17.5. The molecule has 100 valence electrons. The van der Waals surface area contributed by atoms with E-state index in [1.165, 1.54) is 16.7 Å². The molecule has 1 heterocycles. The van der Waals surface area contributed by atoms with E-state index < -0.39 is 0 Å². The van der Waals surface area contributed by atoms with E-state index >= 15 is 0 Å². The number of ether oxygens (including phenoxy) is 1. The Bertz CT molecular complexity index is 542. The highest BCUT2D eigenvalue weighted by Crippen LogP contribution is 2.33. The number of thioether (sulfide) groups is 1. The number of methoxy groups -OCH3 is 1. The molecule has 0 saturated carbocycles. The van der Waals surface area contributed by atoms with Crippen molar-refractivity contribution in [3.8, 4) is 5.75 Å². The highest BCUT2D eigenvalue weighted by atomic mass is 32.2. The van der Waals surface area contributed by atoms with Gasteiger partial charge in [-0.25, -0.2) is 0 Å². The number of hydrogen-bond acceptors (Lipinski definition) is 5. The third-order valence-electron chi connectivity index (χ3n) is 2.62. The zero-order chi connectivity index (χ0) is 13.8. The molecule has 4 nitrogen and oxygen atoms in total. The van der Waals surface area contributed by atoms with Gasteiger partial charge in [-0.05, 0) is 12.1 Å². The molecular formula is C13H13NO3S2. The summed E-state index contributed by atoms with van der Waals surface area (Å²) in [5.41, 5.74) is 0.606. The van der Waals surface area contributed by atoms with Gasteiger partial charge in [0.15, 0.2) is 0 Å². The van der Waals surface area contributed by atoms with E-state index in [0.29, 0.717) is 27.9 Å². The van der Waals surface area contributed by atoms with Gasteiger partial charge in [0.05, 0.1) is 18.1 Å². The number of nitrogens with zero attached hydrogens (tertiary/aromatic N) is 1. The maximum Gasteiger partial charge on any atom is 0.266 e. The molecule has 0 aromatic heterocycles. The van der Waals surface area contributed by atoms with Crippen LogP contribution in [0.5, 0.6) is 5.75 Å². The molecule has 1 aromatic rings. The Kier molecular flexibility index (Phi) is 4.57. The van der Waals surface area contributed by atoms with Crippen LogP contribution in [-0.2, 0) is 9.53 Å². The van der Waals surface area contributed by atoms with E-state index in [-0.39, 0.29) is 11.7 Å². The van der Waals surface area contributed by atoms with Crippen molar-refractivity contribution in [2.75, 3.05) is 20.3 Å². The molecule has 2 rings (SSSR count).